The van der Waals surface area contributed by atoms with E-state index in [1.807, 2.05) is 12.1 Å². The summed E-state index contributed by atoms with van der Waals surface area (Å²) in [7, 11) is 4.42. The van der Waals surface area contributed by atoms with Crippen LogP contribution in [-0.4, -0.2) is 39.4 Å². The zero-order chi connectivity index (χ0) is 26.3. The number of hydrogen-bond donors (Lipinski definition) is 1. The lowest BCUT2D eigenvalue weighted by molar-refractivity contribution is 0.0733. The lowest BCUT2D eigenvalue weighted by atomic mass is 9.87. The average Bonchev–Trinajstić information content (AvgIpc) is 2.87. The van der Waals surface area contributed by atoms with Gasteiger partial charge in [-0.15, -0.1) is 0 Å². The largest absolute Gasteiger partial charge is 0.493 e. The molecule has 0 aliphatic rings. The molecule has 188 valence electrons. The number of carbonyl (C=O) groups is 2. The molecular formula is C28H30N2O6. The number of rotatable bonds is 8. The summed E-state index contributed by atoms with van der Waals surface area (Å²) in [4.78, 5) is 25.1. The number of carbonyl (C=O) groups excluding carboxylic acids is 2. The van der Waals surface area contributed by atoms with Crippen LogP contribution in [0.1, 0.15) is 52.6 Å². The van der Waals surface area contributed by atoms with E-state index in [4.69, 9.17) is 18.9 Å². The third-order valence-corrected chi connectivity index (χ3v) is 5.36. The number of hydrazone groups is 1. The summed E-state index contributed by atoms with van der Waals surface area (Å²) >= 11 is 0. The predicted molar refractivity (Wildman–Crippen MR) is 138 cm³/mol. The third-order valence-electron chi connectivity index (χ3n) is 5.36. The number of ether oxygens (including phenoxy) is 4. The Morgan fingerprint density at radius 1 is 0.833 bits per heavy atom. The molecule has 8 heteroatoms. The van der Waals surface area contributed by atoms with Crippen molar-refractivity contribution in [2.45, 2.75) is 26.2 Å². The van der Waals surface area contributed by atoms with Gasteiger partial charge in [0.25, 0.3) is 5.91 Å². The molecule has 3 aromatic rings. The SMILES string of the molecule is COc1cc(C(=O)Oc2cccc(C=NNC(=O)c3ccc(C(C)(C)C)cc3)c2)cc(OC)c1OC. The zero-order valence-electron chi connectivity index (χ0n) is 21.2. The Morgan fingerprint density at radius 2 is 1.47 bits per heavy atom. The van der Waals surface area contributed by atoms with Crippen molar-refractivity contribution in [2.24, 2.45) is 5.10 Å². The summed E-state index contributed by atoms with van der Waals surface area (Å²) in [5.74, 6) is 0.442. The van der Waals surface area contributed by atoms with Crippen LogP contribution in [-0.2, 0) is 5.41 Å². The van der Waals surface area contributed by atoms with Crippen LogP contribution >= 0.6 is 0 Å². The highest BCUT2D eigenvalue weighted by atomic mass is 16.5. The number of nitrogens with one attached hydrogen (secondary N) is 1. The van der Waals surface area contributed by atoms with Crippen LogP contribution in [0.25, 0.3) is 0 Å². The van der Waals surface area contributed by atoms with Gasteiger partial charge in [0, 0.05) is 5.56 Å². The van der Waals surface area contributed by atoms with Crippen molar-refractivity contribution in [1.29, 1.82) is 0 Å². The summed E-state index contributed by atoms with van der Waals surface area (Å²) < 4.78 is 21.4. The maximum Gasteiger partial charge on any atom is 0.343 e. The molecule has 0 bridgehead atoms. The molecule has 3 rings (SSSR count). The van der Waals surface area contributed by atoms with E-state index >= 15 is 0 Å². The Kier molecular flexibility index (Phi) is 8.32. The van der Waals surface area contributed by atoms with Crippen LogP contribution in [0.5, 0.6) is 23.0 Å². The zero-order valence-corrected chi connectivity index (χ0v) is 21.2. The molecule has 0 unspecified atom stereocenters. The van der Waals surface area contributed by atoms with E-state index in [9.17, 15) is 9.59 Å². The van der Waals surface area contributed by atoms with Crippen LogP contribution in [0, 0.1) is 0 Å². The second-order valence-electron chi connectivity index (χ2n) is 8.90. The highest BCUT2D eigenvalue weighted by Gasteiger charge is 2.18. The van der Waals surface area contributed by atoms with Crippen LogP contribution in [0.2, 0.25) is 0 Å². The van der Waals surface area contributed by atoms with E-state index < -0.39 is 5.97 Å². The maximum absolute atomic E-state index is 12.7. The molecule has 0 radical (unpaired) electrons. The van der Waals surface area contributed by atoms with Gasteiger partial charge in [-0.05, 0) is 52.9 Å². The lowest BCUT2D eigenvalue weighted by Gasteiger charge is -2.18. The molecule has 0 saturated carbocycles. The minimum absolute atomic E-state index is 0.00709. The molecule has 0 aliphatic carbocycles. The molecule has 3 aromatic carbocycles. The highest BCUT2D eigenvalue weighted by molar-refractivity contribution is 5.95. The Balaban J connectivity index is 1.67. The minimum Gasteiger partial charge on any atom is -0.493 e. The molecular weight excluding hydrogens is 460 g/mol. The topological polar surface area (TPSA) is 95.5 Å². The highest BCUT2D eigenvalue weighted by Crippen LogP contribution is 2.38. The molecule has 8 nitrogen and oxygen atoms in total. The van der Waals surface area contributed by atoms with Gasteiger partial charge in [-0.1, -0.05) is 45.0 Å². The first-order valence-electron chi connectivity index (χ1n) is 11.2. The number of hydrogen-bond acceptors (Lipinski definition) is 7. The van der Waals surface area contributed by atoms with E-state index in [2.05, 4.69) is 31.3 Å². The molecule has 0 atom stereocenters. The van der Waals surface area contributed by atoms with Gasteiger partial charge in [-0.3, -0.25) is 4.79 Å². The van der Waals surface area contributed by atoms with Gasteiger partial charge in [0.1, 0.15) is 5.75 Å². The molecule has 0 saturated heterocycles. The summed E-state index contributed by atoms with van der Waals surface area (Å²) in [6.07, 6.45) is 1.47. The Hall–Kier alpha value is -4.33. The summed E-state index contributed by atoms with van der Waals surface area (Å²) in [6, 6.07) is 17.2. The Labute approximate surface area is 210 Å². The lowest BCUT2D eigenvalue weighted by Crippen LogP contribution is -2.18. The summed E-state index contributed by atoms with van der Waals surface area (Å²) in [6.45, 7) is 6.34. The van der Waals surface area contributed by atoms with Crippen LogP contribution in [0.4, 0.5) is 0 Å². The van der Waals surface area contributed by atoms with Gasteiger partial charge < -0.3 is 18.9 Å². The van der Waals surface area contributed by atoms with E-state index in [-0.39, 0.29) is 16.9 Å². The maximum atomic E-state index is 12.7. The molecule has 0 fully saturated rings. The summed E-state index contributed by atoms with van der Waals surface area (Å²) in [5, 5.41) is 4.02. The Morgan fingerprint density at radius 3 is 2.03 bits per heavy atom. The quantitative estimate of drug-likeness (QED) is 0.207. The van der Waals surface area contributed by atoms with Gasteiger partial charge in [0.05, 0.1) is 33.1 Å². The van der Waals surface area contributed by atoms with Crippen LogP contribution in [0.15, 0.2) is 65.8 Å². The molecule has 36 heavy (non-hydrogen) atoms. The van der Waals surface area contributed by atoms with E-state index in [0.29, 0.717) is 34.1 Å². The van der Waals surface area contributed by atoms with Gasteiger partial charge >= 0.3 is 5.97 Å². The van der Waals surface area contributed by atoms with Crippen molar-refractivity contribution in [3.8, 4) is 23.0 Å². The van der Waals surface area contributed by atoms with Crippen molar-refractivity contribution >= 4 is 18.1 Å². The first-order chi connectivity index (χ1) is 17.2. The molecule has 0 aliphatic heterocycles. The normalized spacial score (nSPS) is 11.2. The number of nitrogens with zero attached hydrogens (tertiary/aromatic N) is 1. The first-order valence-corrected chi connectivity index (χ1v) is 11.2. The fourth-order valence-electron chi connectivity index (χ4n) is 3.37. The second-order valence-corrected chi connectivity index (χ2v) is 8.90. The van der Waals surface area contributed by atoms with Crippen molar-refractivity contribution in [1.82, 2.24) is 5.43 Å². The molecule has 0 heterocycles. The van der Waals surface area contributed by atoms with Crippen molar-refractivity contribution in [3.05, 3.63) is 82.9 Å². The fraction of sp³-hybridized carbons (Fsp3) is 0.250. The van der Waals surface area contributed by atoms with Crippen LogP contribution in [0.3, 0.4) is 0 Å². The predicted octanol–water partition coefficient (Wildman–Crippen LogP) is 4.99. The molecule has 0 spiro atoms. The van der Waals surface area contributed by atoms with Crippen LogP contribution < -0.4 is 24.4 Å². The average molecular weight is 491 g/mol. The first kappa shape index (κ1) is 26.3. The van der Waals surface area contributed by atoms with E-state index in [0.717, 1.165) is 5.56 Å². The Bertz CT molecular complexity index is 1230. The van der Waals surface area contributed by atoms with Gasteiger partial charge in [0.15, 0.2) is 11.5 Å². The van der Waals surface area contributed by atoms with Crippen molar-refractivity contribution in [2.75, 3.05) is 21.3 Å². The second kappa shape index (κ2) is 11.4. The van der Waals surface area contributed by atoms with E-state index in [1.165, 1.54) is 39.7 Å². The number of esters is 1. The van der Waals surface area contributed by atoms with Crippen molar-refractivity contribution < 1.29 is 28.5 Å². The van der Waals surface area contributed by atoms with Gasteiger partial charge in [-0.25, -0.2) is 10.2 Å². The number of benzene rings is 3. The minimum atomic E-state index is -0.602. The molecule has 1 N–H and O–H groups in total. The number of methoxy groups -OCH3 is 3. The molecule has 1 amide bonds. The number of amides is 1. The van der Waals surface area contributed by atoms with Gasteiger partial charge in [0.2, 0.25) is 5.75 Å². The monoisotopic (exact) mass is 490 g/mol. The van der Waals surface area contributed by atoms with E-state index in [1.54, 1.807) is 36.4 Å². The van der Waals surface area contributed by atoms with Crippen molar-refractivity contribution in [3.63, 3.8) is 0 Å². The van der Waals surface area contributed by atoms with Gasteiger partial charge in [-0.2, -0.15) is 5.10 Å². The third kappa shape index (κ3) is 6.41. The molecule has 0 aromatic heterocycles. The smallest absolute Gasteiger partial charge is 0.343 e. The fourth-order valence-corrected chi connectivity index (χ4v) is 3.37. The standard InChI is InChI=1S/C28H30N2O6/c1-28(2,3)21-12-10-19(11-13-21)26(31)30-29-17-18-8-7-9-22(14-18)36-27(32)20-15-23(33-4)25(35-6)24(16-20)34-5/h7-17H,1-6H3,(H,30,31). The summed E-state index contributed by atoms with van der Waals surface area (Å²) in [5.41, 5.74) is 5.03.